The van der Waals surface area contributed by atoms with Crippen molar-refractivity contribution in [1.82, 2.24) is 9.80 Å². The molecule has 0 spiro atoms. The summed E-state index contributed by atoms with van der Waals surface area (Å²) < 4.78 is 67.7. The molecular formula is C27H20Cl2F5N3O. The van der Waals surface area contributed by atoms with E-state index in [2.05, 4.69) is 0 Å². The number of halogens is 7. The molecule has 1 saturated heterocycles. The summed E-state index contributed by atoms with van der Waals surface area (Å²) in [6.07, 6.45) is -4.81. The predicted octanol–water partition coefficient (Wildman–Crippen LogP) is 6.90. The van der Waals surface area contributed by atoms with E-state index in [9.17, 15) is 26.7 Å². The van der Waals surface area contributed by atoms with Crippen LogP contribution in [0, 0.1) is 23.0 Å². The zero-order valence-corrected chi connectivity index (χ0v) is 21.4. The van der Waals surface area contributed by atoms with E-state index in [0.717, 1.165) is 17.7 Å². The minimum Gasteiger partial charge on any atom is -0.336 e. The van der Waals surface area contributed by atoms with Crippen LogP contribution < -0.4 is 0 Å². The second kappa shape index (κ2) is 10.9. The van der Waals surface area contributed by atoms with Gasteiger partial charge in [-0.2, -0.15) is 18.4 Å². The van der Waals surface area contributed by atoms with Crippen molar-refractivity contribution in [1.29, 1.82) is 5.26 Å². The first-order chi connectivity index (χ1) is 17.9. The van der Waals surface area contributed by atoms with E-state index in [1.54, 1.807) is 30.1 Å². The lowest BCUT2D eigenvalue weighted by Gasteiger charge is -2.29. The zero-order chi connectivity index (χ0) is 27.8. The Bertz CT molecular complexity index is 1420. The van der Waals surface area contributed by atoms with Gasteiger partial charge in [-0.25, -0.2) is 8.78 Å². The highest BCUT2D eigenvalue weighted by molar-refractivity contribution is 6.42. The Balaban J connectivity index is 1.63. The van der Waals surface area contributed by atoms with E-state index in [0.29, 0.717) is 21.7 Å². The molecule has 0 radical (unpaired) electrons. The molecule has 2 atom stereocenters. The molecule has 1 aliphatic rings. The first kappa shape index (κ1) is 27.8. The lowest BCUT2D eigenvalue weighted by atomic mass is 9.93. The number of carbonyl (C=O) groups is 1. The van der Waals surface area contributed by atoms with Crippen LogP contribution in [0.2, 0.25) is 10.0 Å². The van der Waals surface area contributed by atoms with Crippen molar-refractivity contribution in [2.24, 2.45) is 0 Å². The van der Waals surface area contributed by atoms with E-state index in [1.807, 2.05) is 6.07 Å². The van der Waals surface area contributed by atoms with Gasteiger partial charge < -0.3 is 4.90 Å². The van der Waals surface area contributed by atoms with E-state index >= 15 is 0 Å². The highest BCUT2D eigenvalue weighted by Crippen LogP contribution is 2.36. The molecule has 1 fully saturated rings. The number of nitriles is 1. The summed E-state index contributed by atoms with van der Waals surface area (Å²) in [6, 6.07) is 12.8. The van der Waals surface area contributed by atoms with Gasteiger partial charge in [-0.1, -0.05) is 35.3 Å². The first-order valence-electron chi connectivity index (χ1n) is 11.4. The molecule has 3 aromatic rings. The highest BCUT2D eigenvalue weighted by Gasteiger charge is 2.40. The number of hydrogen-bond donors (Lipinski definition) is 0. The van der Waals surface area contributed by atoms with E-state index < -0.39 is 29.3 Å². The fourth-order valence-corrected chi connectivity index (χ4v) is 5.00. The van der Waals surface area contributed by atoms with Gasteiger partial charge in [0.05, 0.1) is 32.8 Å². The van der Waals surface area contributed by atoms with Gasteiger partial charge in [0.15, 0.2) is 0 Å². The average Bonchev–Trinajstić information content (AvgIpc) is 3.30. The number of benzene rings is 3. The number of carbonyl (C=O) groups excluding carboxylic acids is 1. The molecule has 0 bridgehead atoms. The van der Waals surface area contributed by atoms with Crippen LogP contribution in [0.25, 0.3) is 0 Å². The van der Waals surface area contributed by atoms with Crippen molar-refractivity contribution < 1.29 is 26.7 Å². The largest absolute Gasteiger partial charge is 0.419 e. The molecule has 0 unspecified atom stereocenters. The number of nitrogens with zero attached hydrogens (tertiary/aromatic N) is 3. The average molecular weight is 568 g/mol. The molecule has 0 saturated carbocycles. The van der Waals surface area contributed by atoms with E-state index in [1.165, 1.54) is 23.1 Å². The van der Waals surface area contributed by atoms with Crippen LogP contribution in [0.5, 0.6) is 0 Å². The number of likely N-dealkylation sites (tertiary alicyclic amines) is 1. The van der Waals surface area contributed by atoms with Crippen LogP contribution in [0.15, 0.2) is 54.6 Å². The van der Waals surface area contributed by atoms with Crippen LogP contribution in [0.4, 0.5) is 22.0 Å². The summed E-state index contributed by atoms with van der Waals surface area (Å²) in [7, 11) is 1.71. The minimum atomic E-state index is -4.81. The maximum Gasteiger partial charge on any atom is 0.419 e. The summed E-state index contributed by atoms with van der Waals surface area (Å²) in [5.41, 5.74) is -0.389. The molecule has 4 nitrogen and oxygen atoms in total. The smallest absolute Gasteiger partial charge is 0.336 e. The fraction of sp³-hybridized carbons (Fsp3) is 0.259. The Hall–Kier alpha value is -3.19. The molecule has 1 aliphatic heterocycles. The number of rotatable bonds is 5. The Labute approximate surface area is 225 Å². The molecule has 1 amide bonds. The Morgan fingerprint density at radius 1 is 1.03 bits per heavy atom. The number of likely N-dealkylation sites (N-methyl/N-ethyl adjacent to an activating group) is 1. The van der Waals surface area contributed by atoms with Gasteiger partial charge >= 0.3 is 6.18 Å². The van der Waals surface area contributed by atoms with E-state index in [4.69, 9.17) is 28.5 Å². The van der Waals surface area contributed by atoms with Gasteiger partial charge in [0.1, 0.15) is 11.6 Å². The normalized spacial score (nSPS) is 17.6. The van der Waals surface area contributed by atoms with Gasteiger partial charge in [-0.3, -0.25) is 9.69 Å². The second-order valence-corrected chi connectivity index (χ2v) is 9.91. The van der Waals surface area contributed by atoms with Crippen molar-refractivity contribution in [2.75, 3.05) is 20.1 Å². The summed E-state index contributed by atoms with van der Waals surface area (Å²) in [4.78, 5) is 16.5. The van der Waals surface area contributed by atoms with Crippen molar-refractivity contribution >= 4 is 29.1 Å². The van der Waals surface area contributed by atoms with Gasteiger partial charge in [0.25, 0.3) is 5.91 Å². The third-order valence-electron chi connectivity index (χ3n) is 6.61. The first-order valence-corrected chi connectivity index (χ1v) is 12.1. The summed E-state index contributed by atoms with van der Waals surface area (Å²) in [5.74, 6) is -3.09. The van der Waals surface area contributed by atoms with Gasteiger partial charge in [-0.05, 0) is 60.6 Å². The lowest BCUT2D eigenvalue weighted by molar-refractivity contribution is -0.140. The third-order valence-corrected chi connectivity index (χ3v) is 7.35. The van der Waals surface area contributed by atoms with Gasteiger partial charge in [0, 0.05) is 31.6 Å². The highest BCUT2D eigenvalue weighted by atomic mass is 35.5. The molecule has 11 heteroatoms. The number of amides is 1. The van der Waals surface area contributed by atoms with Crippen molar-refractivity contribution in [3.8, 4) is 6.07 Å². The SMILES string of the molecule is CN(Cc1ccc(C(F)(F)F)c(F)c1)[C@H]1CN(C(=O)c2ccc(C#N)cc2F)C[C@@H]1c1ccc(Cl)c(Cl)c1. The number of alkyl halides is 3. The summed E-state index contributed by atoms with van der Waals surface area (Å²) in [5, 5.41) is 9.62. The molecule has 0 aromatic heterocycles. The number of hydrogen-bond acceptors (Lipinski definition) is 3. The maximum atomic E-state index is 14.6. The molecule has 38 heavy (non-hydrogen) atoms. The van der Waals surface area contributed by atoms with E-state index in [-0.39, 0.29) is 42.7 Å². The fourth-order valence-electron chi connectivity index (χ4n) is 4.69. The van der Waals surface area contributed by atoms with Crippen LogP contribution >= 0.6 is 23.2 Å². The molecule has 0 N–H and O–H groups in total. The molecular weight excluding hydrogens is 548 g/mol. The Kier molecular flexibility index (Phi) is 7.98. The topological polar surface area (TPSA) is 47.3 Å². The third kappa shape index (κ3) is 5.78. The zero-order valence-electron chi connectivity index (χ0n) is 19.9. The quantitative estimate of drug-likeness (QED) is 0.315. The standard InChI is InChI=1S/C27H20Cl2F5N3O/c1-36(12-16-3-6-20(24(31)9-16)27(32,33)34)25-14-37(13-19(25)17-4-7-21(28)22(29)10-17)26(38)18-5-2-15(11-35)8-23(18)30/h2-10,19,25H,12-14H2,1H3/t19-,25+/m1/s1. The molecule has 198 valence electrons. The van der Waals surface area contributed by atoms with Crippen LogP contribution in [0.3, 0.4) is 0 Å². The van der Waals surface area contributed by atoms with Crippen molar-refractivity contribution in [3.63, 3.8) is 0 Å². The second-order valence-electron chi connectivity index (χ2n) is 9.09. The van der Waals surface area contributed by atoms with Crippen molar-refractivity contribution in [2.45, 2.75) is 24.7 Å². The molecule has 4 rings (SSSR count). The molecule has 3 aromatic carbocycles. The van der Waals surface area contributed by atoms with Gasteiger partial charge in [0.2, 0.25) is 0 Å². The molecule has 1 heterocycles. The van der Waals surface area contributed by atoms with Crippen LogP contribution in [0.1, 0.15) is 38.5 Å². The lowest BCUT2D eigenvalue weighted by Crippen LogP contribution is -2.38. The summed E-state index contributed by atoms with van der Waals surface area (Å²) in [6.45, 7) is 0.431. The Morgan fingerprint density at radius 3 is 2.37 bits per heavy atom. The Morgan fingerprint density at radius 2 is 1.76 bits per heavy atom. The monoisotopic (exact) mass is 567 g/mol. The maximum absolute atomic E-state index is 14.6. The predicted molar refractivity (Wildman–Crippen MR) is 133 cm³/mol. The minimum absolute atomic E-state index is 0.0792. The van der Waals surface area contributed by atoms with Crippen LogP contribution in [-0.2, 0) is 12.7 Å². The van der Waals surface area contributed by atoms with Crippen molar-refractivity contribution in [3.05, 3.63) is 104 Å². The van der Waals surface area contributed by atoms with Gasteiger partial charge in [-0.15, -0.1) is 0 Å². The summed E-state index contributed by atoms with van der Waals surface area (Å²) >= 11 is 12.3. The molecule has 0 aliphatic carbocycles. The van der Waals surface area contributed by atoms with Crippen LogP contribution in [-0.4, -0.2) is 41.9 Å².